The molecule has 118 valence electrons. The van der Waals surface area contributed by atoms with Crippen LogP contribution in [-0.4, -0.2) is 30.4 Å². The first-order valence-electron chi connectivity index (χ1n) is 7.79. The van der Waals surface area contributed by atoms with Crippen molar-refractivity contribution >= 4 is 18.3 Å². The molecule has 0 heterocycles. The van der Waals surface area contributed by atoms with Gasteiger partial charge in [0.2, 0.25) is 5.91 Å². The Hall–Kier alpha value is -1.06. The van der Waals surface area contributed by atoms with Gasteiger partial charge < -0.3 is 10.2 Å². The Labute approximate surface area is 134 Å². The van der Waals surface area contributed by atoms with Gasteiger partial charge in [-0.25, -0.2) is 0 Å². The number of nitrogens with zero attached hydrogens (tertiary/aromatic N) is 1. The monoisotopic (exact) mass is 310 g/mol. The maximum atomic E-state index is 12.5. The van der Waals surface area contributed by atoms with Gasteiger partial charge in [-0.2, -0.15) is 0 Å². The summed E-state index contributed by atoms with van der Waals surface area (Å²) in [6.45, 7) is 1.52. The van der Waals surface area contributed by atoms with Gasteiger partial charge in [0.15, 0.2) is 0 Å². The Morgan fingerprint density at radius 1 is 1.19 bits per heavy atom. The van der Waals surface area contributed by atoms with E-state index < -0.39 is 0 Å². The van der Waals surface area contributed by atoms with Gasteiger partial charge in [-0.15, -0.1) is 12.4 Å². The van der Waals surface area contributed by atoms with E-state index in [4.69, 9.17) is 0 Å². The van der Waals surface area contributed by atoms with Crippen molar-refractivity contribution in [2.75, 3.05) is 13.6 Å². The van der Waals surface area contributed by atoms with E-state index in [9.17, 15) is 4.79 Å². The Balaban J connectivity index is 0.00000220. The lowest BCUT2D eigenvalue weighted by Crippen LogP contribution is -2.41. The Bertz CT molecular complexity index is 405. The highest BCUT2D eigenvalue weighted by molar-refractivity contribution is 5.85. The number of rotatable bonds is 6. The van der Waals surface area contributed by atoms with E-state index in [1.54, 1.807) is 0 Å². The topological polar surface area (TPSA) is 32.3 Å². The van der Waals surface area contributed by atoms with Crippen molar-refractivity contribution in [2.24, 2.45) is 0 Å². The molecule has 1 fully saturated rings. The van der Waals surface area contributed by atoms with Crippen LogP contribution in [0.4, 0.5) is 0 Å². The van der Waals surface area contributed by atoms with Crippen molar-refractivity contribution in [3.05, 3.63) is 35.9 Å². The van der Waals surface area contributed by atoms with Gasteiger partial charge in [0, 0.05) is 25.6 Å². The fourth-order valence-corrected chi connectivity index (χ4v) is 2.97. The summed E-state index contributed by atoms with van der Waals surface area (Å²) in [5.41, 5.74) is 1.23. The molecule has 0 bridgehead atoms. The zero-order chi connectivity index (χ0) is 14.2. The van der Waals surface area contributed by atoms with E-state index >= 15 is 0 Å². The molecule has 21 heavy (non-hydrogen) atoms. The van der Waals surface area contributed by atoms with Crippen LogP contribution in [0.2, 0.25) is 0 Å². The second kappa shape index (κ2) is 9.80. The van der Waals surface area contributed by atoms with E-state index in [0.717, 1.165) is 25.9 Å². The third-order valence-corrected chi connectivity index (χ3v) is 4.12. The SMILES string of the molecule is CNCCC(=O)N(Cc1ccccc1)C1CCCCC1.Cl. The Morgan fingerprint density at radius 3 is 2.48 bits per heavy atom. The van der Waals surface area contributed by atoms with Crippen LogP contribution < -0.4 is 5.32 Å². The van der Waals surface area contributed by atoms with Gasteiger partial charge in [-0.05, 0) is 25.5 Å². The van der Waals surface area contributed by atoms with Gasteiger partial charge in [-0.3, -0.25) is 4.79 Å². The molecule has 2 rings (SSSR count). The molecule has 4 heteroatoms. The Morgan fingerprint density at radius 2 is 1.86 bits per heavy atom. The fourth-order valence-electron chi connectivity index (χ4n) is 2.97. The smallest absolute Gasteiger partial charge is 0.224 e. The third-order valence-electron chi connectivity index (χ3n) is 4.12. The average molecular weight is 311 g/mol. The molecular weight excluding hydrogens is 284 g/mol. The first-order chi connectivity index (χ1) is 9.81. The van der Waals surface area contributed by atoms with Crippen molar-refractivity contribution in [2.45, 2.75) is 51.1 Å². The highest BCUT2D eigenvalue weighted by Gasteiger charge is 2.24. The van der Waals surface area contributed by atoms with Gasteiger partial charge in [0.1, 0.15) is 0 Å². The van der Waals surface area contributed by atoms with E-state index in [1.165, 1.54) is 24.8 Å². The third kappa shape index (κ3) is 5.68. The predicted octanol–water partition coefficient (Wildman–Crippen LogP) is 3.38. The molecule has 1 N–H and O–H groups in total. The molecule has 0 atom stereocenters. The molecule has 3 nitrogen and oxygen atoms in total. The van der Waals surface area contributed by atoms with Crippen LogP contribution in [0.5, 0.6) is 0 Å². The van der Waals surface area contributed by atoms with Crippen molar-refractivity contribution in [1.29, 1.82) is 0 Å². The quantitative estimate of drug-likeness (QED) is 0.873. The summed E-state index contributed by atoms with van der Waals surface area (Å²) in [5, 5.41) is 3.07. The standard InChI is InChI=1S/C17H26N2O.ClH/c1-18-13-12-17(20)19(16-10-6-3-7-11-16)14-15-8-4-2-5-9-15;/h2,4-5,8-9,16,18H,3,6-7,10-14H2,1H3;1H. The highest BCUT2D eigenvalue weighted by Crippen LogP contribution is 2.24. The van der Waals surface area contributed by atoms with E-state index in [-0.39, 0.29) is 18.3 Å². The first-order valence-corrected chi connectivity index (χ1v) is 7.79. The zero-order valence-electron chi connectivity index (χ0n) is 12.9. The zero-order valence-corrected chi connectivity index (χ0v) is 13.7. The summed E-state index contributed by atoms with van der Waals surface area (Å²) in [6, 6.07) is 10.8. The van der Waals surface area contributed by atoms with Gasteiger partial charge in [-0.1, -0.05) is 49.6 Å². The number of halogens is 1. The Kier molecular flexibility index (Phi) is 8.40. The summed E-state index contributed by atoms with van der Waals surface area (Å²) in [7, 11) is 1.90. The number of hydrogen-bond donors (Lipinski definition) is 1. The number of carbonyl (C=O) groups is 1. The maximum Gasteiger partial charge on any atom is 0.224 e. The summed E-state index contributed by atoms with van der Waals surface area (Å²) >= 11 is 0. The minimum atomic E-state index is 0. The van der Waals surface area contributed by atoms with Gasteiger partial charge in [0.05, 0.1) is 0 Å². The van der Waals surface area contributed by atoms with Crippen LogP contribution in [-0.2, 0) is 11.3 Å². The molecule has 1 aromatic carbocycles. The normalized spacial score (nSPS) is 15.3. The summed E-state index contributed by atoms with van der Waals surface area (Å²) in [5.74, 6) is 0.287. The predicted molar refractivity (Wildman–Crippen MR) is 89.7 cm³/mol. The molecule has 0 radical (unpaired) electrons. The number of amides is 1. The molecule has 0 aliphatic heterocycles. The number of benzene rings is 1. The molecule has 1 amide bonds. The average Bonchev–Trinajstić information content (AvgIpc) is 2.52. The summed E-state index contributed by atoms with van der Waals surface area (Å²) < 4.78 is 0. The van der Waals surface area contributed by atoms with Gasteiger partial charge in [0.25, 0.3) is 0 Å². The molecule has 1 aromatic rings. The van der Waals surface area contributed by atoms with Crippen LogP contribution in [0, 0.1) is 0 Å². The molecule has 0 spiro atoms. The van der Waals surface area contributed by atoms with Crippen LogP contribution in [0.3, 0.4) is 0 Å². The second-order valence-electron chi connectivity index (χ2n) is 5.65. The second-order valence-corrected chi connectivity index (χ2v) is 5.65. The highest BCUT2D eigenvalue weighted by atomic mass is 35.5. The minimum absolute atomic E-state index is 0. The van der Waals surface area contributed by atoms with Crippen molar-refractivity contribution in [3.63, 3.8) is 0 Å². The first kappa shape index (κ1) is 18.0. The largest absolute Gasteiger partial charge is 0.335 e. The number of hydrogen-bond acceptors (Lipinski definition) is 2. The molecular formula is C17H27ClN2O. The molecule has 0 unspecified atom stereocenters. The van der Waals surface area contributed by atoms with E-state index in [0.29, 0.717) is 12.5 Å². The van der Waals surface area contributed by atoms with Crippen molar-refractivity contribution in [3.8, 4) is 0 Å². The lowest BCUT2D eigenvalue weighted by Gasteiger charge is -2.34. The van der Waals surface area contributed by atoms with Gasteiger partial charge >= 0.3 is 0 Å². The number of nitrogens with one attached hydrogen (secondary N) is 1. The number of carbonyl (C=O) groups excluding carboxylic acids is 1. The van der Waals surface area contributed by atoms with Crippen LogP contribution in [0.1, 0.15) is 44.1 Å². The maximum absolute atomic E-state index is 12.5. The lowest BCUT2D eigenvalue weighted by atomic mass is 9.93. The van der Waals surface area contributed by atoms with Crippen molar-refractivity contribution < 1.29 is 4.79 Å². The molecule has 1 aliphatic carbocycles. The van der Waals surface area contributed by atoms with Crippen LogP contribution >= 0.6 is 12.4 Å². The van der Waals surface area contributed by atoms with Crippen molar-refractivity contribution in [1.82, 2.24) is 10.2 Å². The summed E-state index contributed by atoms with van der Waals surface area (Å²) in [4.78, 5) is 14.6. The summed E-state index contributed by atoms with van der Waals surface area (Å²) in [6.07, 6.45) is 6.76. The molecule has 0 aromatic heterocycles. The van der Waals surface area contributed by atoms with Crippen LogP contribution in [0.25, 0.3) is 0 Å². The van der Waals surface area contributed by atoms with E-state index in [1.807, 2.05) is 25.2 Å². The van der Waals surface area contributed by atoms with Crippen LogP contribution in [0.15, 0.2) is 30.3 Å². The lowest BCUT2D eigenvalue weighted by molar-refractivity contribution is -0.134. The fraction of sp³-hybridized carbons (Fsp3) is 0.588. The minimum Gasteiger partial charge on any atom is -0.335 e. The molecule has 0 saturated heterocycles. The van der Waals surface area contributed by atoms with E-state index in [2.05, 4.69) is 22.3 Å². The molecule has 1 aliphatic rings. The molecule has 1 saturated carbocycles.